The van der Waals surface area contributed by atoms with E-state index in [0.29, 0.717) is 152 Å². The Morgan fingerprint density at radius 1 is 0.434 bits per heavy atom. The van der Waals surface area contributed by atoms with Gasteiger partial charge in [0.25, 0.3) is 0 Å². The van der Waals surface area contributed by atoms with Crippen molar-refractivity contribution in [3.8, 4) is 23.0 Å². The van der Waals surface area contributed by atoms with E-state index in [9.17, 15) is 76.5 Å². The number of nitrogens with one attached hydrogen (secondary N) is 1. The standard InChI is InChI=1S/C24H25FN4O5.C24H26N4O6.C23H24N4O6.C17H20N4O6.C7H8FN.CH3I.3ClH.Fe/c1-15(30)27(2)19-13-18(28-9-11-34-12-10-28)14-29-23(19)26-21(22(32)24(29)33)20(31)8-5-16-3-6-17(25)7-4-16;1-16(29)26(2)19-13-18(27-9-11-33-12-10-27)14-28-22(19)25-20(24(31)32-3)21(23(28)30)34-15-17-7-5-4-6-8-17;1-15(28)24-18-12-17(26-8-10-32-11-9-26)13-27-21(18)25-19(23(30)31-2)20(22(27)29)33-14-16-6-4-3-5-7-16;1-10(22)19(2)12-8-11(20-4-6-27-7-5-20)9-21-15(12)18-13(17(25)26-3)14(23)16(21)24;8-7-3-1-6(5-9)2-4-7;1-2;;;;/h3-4,6-7,13-14,32H,5,8-12H2,1-2H3;4-8,13-14H,9-12,15H2,1-3H3;3-7,12-13H,8-11,14H2,1-2H3,(H,24,28);8-9,23H,4-7H2,1-3H3;1-4H,5,9H2;1H3;3*1H;/q;;;;;;;;;+3/p-3. The molecule has 12 heterocycles. The number of rotatable bonds is 22. The Hall–Kier alpha value is -13.5. The fraction of sp³-hybridized carbons (Fsp3) is 0.333. The second kappa shape index (κ2) is 53.5. The summed E-state index contributed by atoms with van der Waals surface area (Å²) in [4.78, 5) is 182. The molecule has 4 aliphatic heterocycles. The molecule has 47 heteroatoms. The van der Waals surface area contributed by atoms with Gasteiger partial charge in [-0.3, -0.25) is 60.8 Å². The number of nitrogens with zero attached hydrogens (tertiary/aromatic N) is 15. The molecule has 0 radical (unpaired) electrons. The van der Waals surface area contributed by atoms with Gasteiger partial charge in [0.15, 0.2) is 51.1 Å². The number of halogens is 6. The number of fused-ring (bicyclic) bond motifs is 4. The first kappa shape index (κ1) is 111. The van der Waals surface area contributed by atoms with Crippen molar-refractivity contribution in [3.63, 3.8) is 0 Å². The molecule has 4 amide bonds. The SMILES string of the molecule is CC(=O)N(C)c1cc(N2CCOCC2)cn2c(=O)c(O)c(C(=O)CCc3ccc(F)cc3)nc12.CI.COC(=O)c1nc2c(N(C)C(C)=O)cc(N3CCOCC3)cn2c(=O)c1O.COC(=O)c1nc2c(N(C)C(C)=O)cc(N3CCOCC3)cn2c(=O)c1OCc1ccccc1.COC(=O)c1nc2c(NC(C)=O)cc(N3CCOCC3)cn2c(=O)c1OCc1ccccc1.NCc1ccc(F)cc1.[Cl][Fe]([Cl])[Cl]. The molecule has 0 unspecified atom stereocenters. The quantitative estimate of drug-likeness (QED) is 0.0122. The molecule has 4 saturated heterocycles. The Bertz CT molecular complexity index is 6800. The molecule has 4 aromatic carbocycles. The maximum atomic E-state index is 13.6. The normalized spacial score (nSPS) is 13.3. The van der Waals surface area contributed by atoms with Crippen LogP contribution in [0.5, 0.6) is 23.0 Å². The summed E-state index contributed by atoms with van der Waals surface area (Å²) in [7, 11) is 22.9. The van der Waals surface area contributed by atoms with Gasteiger partial charge in [-0.1, -0.05) is 108 Å². The number of hydrogen-bond donors (Lipinski definition) is 4. The molecule has 12 aromatic rings. The van der Waals surface area contributed by atoms with Crippen molar-refractivity contribution >= 4 is 168 Å². The number of nitrogens with two attached hydrogens (primary N) is 1. The molecule has 0 bridgehead atoms. The average Bonchev–Trinajstić information content (AvgIpc) is 0.764. The van der Waals surface area contributed by atoms with E-state index in [-0.39, 0.29) is 112 Å². The predicted octanol–water partition coefficient (Wildman–Crippen LogP) is 10.3. The Labute approximate surface area is 848 Å². The Kier molecular flexibility index (Phi) is 41.7. The Morgan fingerprint density at radius 2 is 0.727 bits per heavy atom. The molecule has 0 saturated carbocycles. The van der Waals surface area contributed by atoms with Crippen molar-refractivity contribution in [1.82, 2.24) is 37.5 Å². The summed E-state index contributed by atoms with van der Waals surface area (Å²) in [6.07, 6.45) is 6.58. The van der Waals surface area contributed by atoms with Crippen LogP contribution in [0.25, 0.3) is 22.6 Å². The van der Waals surface area contributed by atoms with Crippen molar-refractivity contribution in [2.45, 2.75) is 60.3 Å². The molecule has 0 atom stereocenters. The molecule has 16 rings (SSSR count). The number of ketones is 1. The third-order valence-corrected chi connectivity index (χ3v) is 22.3. The molecule has 763 valence electrons. The van der Waals surface area contributed by atoms with Crippen LogP contribution < -0.4 is 77.1 Å². The van der Waals surface area contributed by atoms with E-state index in [2.05, 4.69) is 57.5 Å². The Balaban J connectivity index is 0.000000187. The number of morpholine rings is 4. The van der Waals surface area contributed by atoms with Crippen LogP contribution in [-0.2, 0) is 89.7 Å². The number of carbonyl (C=O) groups excluding carboxylic acids is 8. The topological polar surface area (TPSA) is 458 Å². The van der Waals surface area contributed by atoms with Crippen molar-refractivity contribution in [2.24, 2.45) is 5.73 Å². The van der Waals surface area contributed by atoms with Gasteiger partial charge in [-0.2, -0.15) is 0 Å². The zero-order valence-electron chi connectivity index (χ0n) is 79.7. The number of alkyl halides is 1. The van der Waals surface area contributed by atoms with Crippen molar-refractivity contribution in [2.75, 3.05) is 192 Å². The summed E-state index contributed by atoms with van der Waals surface area (Å²) >= 11 is 0.817. The summed E-state index contributed by atoms with van der Waals surface area (Å²) in [5.41, 5.74) is 8.96. The number of aromatic hydroxyl groups is 2. The number of methoxy groups -OCH3 is 3. The van der Waals surface area contributed by atoms with Gasteiger partial charge in [0, 0.05) is 139 Å². The van der Waals surface area contributed by atoms with Crippen LogP contribution in [0.2, 0.25) is 0 Å². The summed E-state index contributed by atoms with van der Waals surface area (Å²) in [6.45, 7) is 15.4. The average molecular weight is 2190 g/mol. The van der Waals surface area contributed by atoms with Crippen LogP contribution >= 0.6 is 52.9 Å². The first-order valence-corrected chi connectivity index (χ1v) is 50.7. The second-order valence-corrected chi connectivity index (χ2v) is 36.9. The van der Waals surface area contributed by atoms with Crippen molar-refractivity contribution < 1.29 is 111 Å². The van der Waals surface area contributed by atoms with Gasteiger partial charge in [-0.25, -0.2) is 43.1 Å². The number of hydrogen-bond acceptors (Lipinski definition) is 32. The summed E-state index contributed by atoms with van der Waals surface area (Å²) < 4.78 is 77.6. The minimum absolute atomic E-state index is 0.0362. The van der Waals surface area contributed by atoms with Crippen molar-refractivity contribution in [3.05, 3.63) is 256 Å². The van der Waals surface area contributed by atoms with Gasteiger partial charge in [-0.05, 0) is 82.1 Å². The van der Waals surface area contributed by atoms with E-state index < -0.39 is 74.3 Å². The molecule has 0 aliphatic carbocycles. The van der Waals surface area contributed by atoms with E-state index in [1.165, 1.54) is 103 Å². The number of esters is 3. The number of amides is 4. The number of carbonyl (C=O) groups is 8. The first-order chi connectivity index (χ1) is 68.5. The molecule has 143 heavy (non-hydrogen) atoms. The van der Waals surface area contributed by atoms with Gasteiger partial charge >= 0.3 is 81.6 Å². The number of aromatic nitrogens is 8. The third-order valence-electron chi connectivity index (χ3n) is 22.3. The van der Waals surface area contributed by atoms with Gasteiger partial charge in [0.2, 0.25) is 46.6 Å². The van der Waals surface area contributed by atoms with E-state index in [1.807, 2.05) is 80.3 Å². The maximum absolute atomic E-state index is 13.6. The van der Waals surface area contributed by atoms with E-state index in [1.54, 1.807) is 81.2 Å². The first-order valence-electron chi connectivity index (χ1n) is 44.0. The zero-order valence-corrected chi connectivity index (χ0v) is 85.3. The zero-order chi connectivity index (χ0) is 104. The fourth-order valence-electron chi connectivity index (χ4n) is 14.6. The number of anilines is 8. The van der Waals surface area contributed by atoms with Crippen LogP contribution in [0.1, 0.15) is 98.3 Å². The molecular weight excluding hydrogens is 2090 g/mol. The second-order valence-electron chi connectivity index (χ2n) is 31.4. The van der Waals surface area contributed by atoms with Gasteiger partial charge < -0.3 is 98.2 Å². The number of aryl methyl sites for hydroxylation is 1. The Morgan fingerprint density at radius 3 is 1.06 bits per heavy atom. The minimum atomic E-state index is -1.33. The number of pyridine rings is 4. The summed E-state index contributed by atoms with van der Waals surface area (Å²) in [5.74, 6) is -6.86. The fourth-order valence-corrected chi connectivity index (χ4v) is 14.6. The molecule has 4 fully saturated rings. The summed E-state index contributed by atoms with van der Waals surface area (Å²) in [5, 5.41) is 23.4. The van der Waals surface area contributed by atoms with Crippen LogP contribution in [0.15, 0.2) is 177 Å². The predicted molar refractivity (Wildman–Crippen MR) is 539 cm³/mol. The number of benzene rings is 4. The third kappa shape index (κ3) is 29.2. The summed E-state index contributed by atoms with van der Waals surface area (Å²) in [6, 6.07) is 37.4. The number of ether oxygens (including phenoxy) is 9. The van der Waals surface area contributed by atoms with Crippen LogP contribution in [0.4, 0.5) is 54.3 Å². The molecule has 0 spiro atoms. The monoisotopic (exact) mass is 2190 g/mol. The van der Waals surface area contributed by atoms with Crippen molar-refractivity contribution in [1.29, 1.82) is 0 Å². The van der Waals surface area contributed by atoms with Gasteiger partial charge in [-0.15, -0.1) is 0 Å². The van der Waals surface area contributed by atoms with Crippen LogP contribution in [0, 0.1) is 11.6 Å². The van der Waals surface area contributed by atoms with Crippen LogP contribution in [-0.4, -0.2) is 248 Å². The van der Waals surface area contributed by atoms with Gasteiger partial charge in [0.05, 0.1) is 120 Å². The molecule has 5 N–H and O–H groups in total. The molecular formula is C96H106Cl3F2FeIN17O23. The van der Waals surface area contributed by atoms with E-state index in [4.69, 9.17) is 73.9 Å². The van der Waals surface area contributed by atoms with Gasteiger partial charge in [0.1, 0.15) is 24.8 Å². The molecule has 40 nitrogen and oxygen atoms in total. The van der Waals surface area contributed by atoms with Crippen LogP contribution in [0.3, 0.4) is 0 Å². The molecule has 4 aliphatic rings. The van der Waals surface area contributed by atoms with E-state index >= 15 is 0 Å². The number of Topliss-reactive ketones (excluding diaryl/α,β-unsaturated/α-hetero) is 1. The van der Waals surface area contributed by atoms with E-state index in [0.717, 1.165) is 43.9 Å². The molecule has 8 aromatic heterocycles.